The molecule has 0 atom stereocenters. The molecular weight excluding hydrogens is 314 g/mol. The van der Waals surface area contributed by atoms with Crippen molar-refractivity contribution in [2.24, 2.45) is 0 Å². The number of carbonyl (C=O) groups is 1. The number of urea groups is 1. The highest BCUT2D eigenvalue weighted by Gasteiger charge is 2.20. The molecule has 0 saturated carbocycles. The van der Waals surface area contributed by atoms with E-state index in [-0.39, 0.29) is 6.03 Å². The molecule has 0 radical (unpaired) electrons. The largest absolute Gasteiger partial charge is 0.497 e. The van der Waals surface area contributed by atoms with E-state index >= 15 is 0 Å². The molecule has 5 nitrogen and oxygen atoms in total. The van der Waals surface area contributed by atoms with Gasteiger partial charge in [-0.25, -0.2) is 4.79 Å². The summed E-state index contributed by atoms with van der Waals surface area (Å²) in [5.74, 6) is 0.861. The van der Waals surface area contributed by atoms with Gasteiger partial charge in [0.05, 0.1) is 7.11 Å². The summed E-state index contributed by atoms with van der Waals surface area (Å²) in [7, 11) is 1.67. The van der Waals surface area contributed by atoms with Gasteiger partial charge in [-0.2, -0.15) is 0 Å². The van der Waals surface area contributed by atoms with E-state index in [0.717, 1.165) is 38.3 Å². The zero-order valence-corrected chi connectivity index (χ0v) is 14.6. The molecule has 5 heteroatoms. The standard InChI is InChI=1S/C20H25N3O2/c1-25-19-9-7-18(8-10-19)22-13-15-23(16-14-22)20(24)21-12-11-17-5-3-2-4-6-17/h2-10H,11-16H2,1H3,(H,21,24). The number of anilines is 1. The normalized spacial score (nSPS) is 14.3. The van der Waals surface area contributed by atoms with E-state index in [9.17, 15) is 4.79 Å². The van der Waals surface area contributed by atoms with Crippen LogP contribution in [0.3, 0.4) is 0 Å². The highest BCUT2D eigenvalue weighted by molar-refractivity contribution is 5.74. The van der Waals surface area contributed by atoms with Crippen LogP contribution < -0.4 is 15.0 Å². The number of hydrogen-bond donors (Lipinski definition) is 1. The molecule has 3 rings (SSSR count). The van der Waals surface area contributed by atoms with Crippen LogP contribution in [0, 0.1) is 0 Å². The van der Waals surface area contributed by atoms with Crippen molar-refractivity contribution in [1.82, 2.24) is 10.2 Å². The number of benzene rings is 2. The predicted octanol–water partition coefficient (Wildman–Crippen LogP) is 2.77. The van der Waals surface area contributed by atoms with E-state index in [1.165, 1.54) is 11.3 Å². The molecule has 0 spiro atoms. The van der Waals surface area contributed by atoms with E-state index in [1.54, 1.807) is 7.11 Å². The van der Waals surface area contributed by atoms with Crippen LogP contribution in [0.5, 0.6) is 5.75 Å². The number of amides is 2. The Morgan fingerprint density at radius 1 is 1.00 bits per heavy atom. The van der Waals surface area contributed by atoms with E-state index < -0.39 is 0 Å². The van der Waals surface area contributed by atoms with Gasteiger partial charge in [0.1, 0.15) is 5.75 Å². The van der Waals surface area contributed by atoms with E-state index in [2.05, 4.69) is 34.5 Å². The second-order valence-electron chi connectivity index (χ2n) is 6.14. The number of ether oxygens (including phenoxy) is 1. The quantitative estimate of drug-likeness (QED) is 0.911. The van der Waals surface area contributed by atoms with Crippen LogP contribution in [0.25, 0.3) is 0 Å². The summed E-state index contributed by atoms with van der Waals surface area (Å²) in [5.41, 5.74) is 2.41. The van der Waals surface area contributed by atoms with Gasteiger partial charge in [0, 0.05) is 38.4 Å². The van der Waals surface area contributed by atoms with Crippen molar-refractivity contribution in [3.63, 3.8) is 0 Å². The maximum atomic E-state index is 12.3. The Hall–Kier alpha value is -2.69. The van der Waals surface area contributed by atoms with Crippen LogP contribution in [0.4, 0.5) is 10.5 Å². The lowest BCUT2D eigenvalue weighted by atomic mass is 10.1. The third-order valence-corrected chi connectivity index (χ3v) is 4.54. The molecule has 25 heavy (non-hydrogen) atoms. The fourth-order valence-electron chi connectivity index (χ4n) is 3.03. The predicted molar refractivity (Wildman–Crippen MR) is 100 cm³/mol. The lowest BCUT2D eigenvalue weighted by Gasteiger charge is -2.36. The minimum Gasteiger partial charge on any atom is -0.497 e. The molecule has 1 heterocycles. The molecular formula is C20H25N3O2. The first-order chi connectivity index (χ1) is 12.3. The number of methoxy groups -OCH3 is 1. The van der Waals surface area contributed by atoms with Gasteiger partial charge in [-0.3, -0.25) is 0 Å². The van der Waals surface area contributed by atoms with Gasteiger partial charge < -0.3 is 19.9 Å². The van der Waals surface area contributed by atoms with Gasteiger partial charge in [-0.1, -0.05) is 30.3 Å². The number of rotatable bonds is 5. The first kappa shape index (κ1) is 17.1. The Morgan fingerprint density at radius 3 is 2.32 bits per heavy atom. The Kier molecular flexibility index (Phi) is 5.77. The summed E-state index contributed by atoms with van der Waals surface area (Å²) < 4.78 is 5.19. The van der Waals surface area contributed by atoms with Gasteiger partial charge in [-0.15, -0.1) is 0 Å². The summed E-state index contributed by atoms with van der Waals surface area (Å²) in [6.07, 6.45) is 0.860. The van der Waals surface area contributed by atoms with Gasteiger partial charge in [-0.05, 0) is 36.2 Å². The molecule has 1 fully saturated rings. The Labute approximate surface area is 149 Å². The molecule has 1 saturated heterocycles. The molecule has 132 valence electrons. The number of nitrogens with zero attached hydrogens (tertiary/aromatic N) is 2. The van der Waals surface area contributed by atoms with Crippen LogP contribution in [-0.4, -0.2) is 50.8 Å². The van der Waals surface area contributed by atoms with Crippen molar-refractivity contribution >= 4 is 11.7 Å². The summed E-state index contributed by atoms with van der Waals surface area (Å²) >= 11 is 0. The van der Waals surface area contributed by atoms with Crippen molar-refractivity contribution < 1.29 is 9.53 Å². The lowest BCUT2D eigenvalue weighted by molar-refractivity contribution is 0.194. The molecule has 2 aromatic rings. The molecule has 0 bridgehead atoms. The van der Waals surface area contributed by atoms with Crippen LogP contribution >= 0.6 is 0 Å². The number of carbonyl (C=O) groups excluding carboxylic acids is 1. The summed E-state index contributed by atoms with van der Waals surface area (Å²) in [5, 5.41) is 3.02. The summed E-state index contributed by atoms with van der Waals surface area (Å²) in [4.78, 5) is 16.5. The van der Waals surface area contributed by atoms with Crippen LogP contribution in [-0.2, 0) is 6.42 Å². The van der Waals surface area contributed by atoms with Crippen LogP contribution in [0.15, 0.2) is 54.6 Å². The van der Waals surface area contributed by atoms with Crippen molar-refractivity contribution in [1.29, 1.82) is 0 Å². The average Bonchev–Trinajstić information content (AvgIpc) is 2.69. The monoisotopic (exact) mass is 339 g/mol. The molecule has 0 aromatic heterocycles. The summed E-state index contributed by atoms with van der Waals surface area (Å²) in [6.45, 7) is 3.84. The van der Waals surface area contributed by atoms with Crippen molar-refractivity contribution in [2.45, 2.75) is 6.42 Å². The van der Waals surface area contributed by atoms with Gasteiger partial charge in [0.25, 0.3) is 0 Å². The Morgan fingerprint density at radius 2 is 1.68 bits per heavy atom. The highest BCUT2D eigenvalue weighted by atomic mass is 16.5. The minimum atomic E-state index is 0.0327. The first-order valence-corrected chi connectivity index (χ1v) is 8.72. The third-order valence-electron chi connectivity index (χ3n) is 4.54. The second kappa shape index (κ2) is 8.42. The number of nitrogens with one attached hydrogen (secondary N) is 1. The molecule has 2 amide bonds. The van der Waals surface area contributed by atoms with Crippen molar-refractivity contribution in [3.05, 3.63) is 60.2 Å². The Balaban J connectivity index is 1.42. The highest BCUT2D eigenvalue weighted by Crippen LogP contribution is 2.20. The van der Waals surface area contributed by atoms with Crippen molar-refractivity contribution in [3.8, 4) is 5.75 Å². The Bertz CT molecular complexity index is 665. The van der Waals surface area contributed by atoms with Gasteiger partial charge >= 0.3 is 6.03 Å². The number of piperazine rings is 1. The van der Waals surface area contributed by atoms with E-state index in [1.807, 2.05) is 35.2 Å². The topological polar surface area (TPSA) is 44.8 Å². The fraction of sp³-hybridized carbons (Fsp3) is 0.350. The first-order valence-electron chi connectivity index (χ1n) is 8.72. The number of hydrogen-bond acceptors (Lipinski definition) is 3. The van der Waals surface area contributed by atoms with E-state index in [4.69, 9.17) is 4.74 Å². The zero-order chi connectivity index (χ0) is 17.5. The third kappa shape index (κ3) is 4.66. The average molecular weight is 339 g/mol. The van der Waals surface area contributed by atoms with E-state index in [0.29, 0.717) is 6.54 Å². The molecule has 0 unspecified atom stereocenters. The van der Waals surface area contributed by atoms with Gasteiger partial charge in [0.15, 0.2) is 0 Å². The SMILES string of the molecule is COc1ccc(N2CCN(C(=O)NCCc3ccccc3)CC2)cc1. The maximum Gasteiger partial charge on any atom is 0.317 e. The fourth-order valence-corrected chi connectivity index (χ4v) is 3.03. The van der Waals surface area contributed by atoms with Gasteiger partial charge in [0.2, 0.25) is 0 Å². The lowest BCUT2D eigenvalue weighted by Crippen LogP contribution is -2.52. The van der Waals surface area contributed by atoms with Crippen molar-refractivity contribution in [2.75, 3.05) is 44.7 Å². The zero-order valence-electron chi connectivity index (χ0n) is 14.6. The van der Waals surface area contributed by atoms with Crippen LogP contribution in [0.2, 0.25) is 0 Å². The molecule has 0 aliphatic carbocycles. The maximum absolute atomic E-state index is 12.3. The van der Waals surface area contributed by atoms with Crippen LogP contribution in [0.1, 0.15) is 5.56 Å². The molecule has 1 aliphatic heterocycles. The smallest absolute Gasteiger partial charge is 0.317 e. The molecule has 1 aliphatic rings. The summed E-state index contributed by atoms with van der Waals surface area (Å²) in [6, 6.07) is 18.3. The minimum absolute atomic E-state index is 0.0327. The molecule has 1 N–H and O–H groups in total. The second-order valence-corrected chi connectivity index (χ2v) is 6.14. The molecule has 2 aromatic carbocycles.